The zero-order chi connectivity index (χ0) is 14.3. The molecule has 1 aromatic carbocycles. The van der Waals surface area contributed by atoms with Crippen molar-refractivity contribution in [3.8, 4) is 5.75 Å². The molecule has 1 rings (SSSR count). The minimum absolute atomic E-state index is 0.594. The van der Waals surface area contributed by atoms with Crippen LogP contribution in [-0.2, 0) is 0 Å². The fourth-order valence-corrected chi connectivity index (χ4v) is 1.79. The van der Waals surface area contributed by atoms with E-state index < -0.39 is 0 Å². The molecule has 3 N–H and O–H groups in total. The summed E-state index contributed by atoms with van der Waals surface area (Å²) in [5, 5.41) is 3.39. The van der Waals surface area contributed by atoms with Crippen LogP contribution in [-0.4, -0.2) is 37.7 Å². The van der Waals surface area contributed by atoms with Crippen molar-refractivity contribution in [1.82, 2.24) is 4.90 Å². The lowest BCUT2D eigenvalue weighted by atomic mass is 10.2. The van der Waals surface area contributed by atoms with Crippen molar-refractivity contribution in [2.45, 2.75) is 33.2 Å². The molecule has 4 heteroatoms. The van der Waals surface area contributed by atoms with Crippen LogP contribution in [0.2, 0.25) is 0 Å². The molecular weight excluding hydrogens is 238 g/mol. The van der Waals surface area contributed by atoms with Crippen LogP contribution in [0.15, 0.2) is 18.2 Å². The molecule has 0 saturated heterocycles. The number of rotatable bonds is 8. The fraction of sp³-hybridized carbons (Fsp3) is 0.600. The van der Waals surface area contributed by atoms with Crippen LogP contribution < -0.4 is 15.8 Å². The smallest absolute Gasteiger partial charge is 0.123 e. The first-order valence-corrected chi connectivity index (χ1v) is 7.00. The molecule has 0 fully saturated rings. The second kappa shape index (κ2) is 7.89. The van der Waals surface area contributed by atoms with Crippen molar-refractivity contribution in [1.29, 1.82) is 0 Å². The van der Waals surface area contributed by atoms with Crippen LogP contribution in [0.1, 0.15) is 27.2 Å². The summed E-state index contributed by atoms with van der Waals surface area (Å²) in [7, 11) is 2.15. The third-order valence-electron chi connectivity index (χ3n) is 3.14. The Bertz CT molecular complexity index is 380. The lowest BCUT2D eigenvalue weighted by molar-refractivity contribution is 0.273. The van der Waals surface area contributed by atoms with Crippen LogP contribution in [0.3, 0.4) is 0 Å². The van der Waals surface area contributed by atoms with Crippen molar-refractivity contribution < 1.29 is 4.74 Å². The molecule has 0 bridgehead atoms. The molecule has 0 amide bonds. The van der Waals surface area contributed by atoms with Crippen LogP contribution in [0.5, 0.6) is 5.75 Å². The molecule has 1 aromatic rings. The van der Waals surface area contributed by atoms with Gasteiger partial charge in [0.05, 0.1) is 6.61 Å². The molecule has 0 aliphatic rings. The Hall–Kier alpha value is -1.42. The number of ether oxygens (including phenoxy) is 1. The molecule has 0 spiro atoms. The van der Waals surface area contributed by atoms with Crippen molar-refractivity contribution in [3.63, 3.8) is 0 Å². The third-order valence-corrected chi connectivity index (χ3v) is 3.14. The minimum Gasteiger partial charge on any atom is -0.494 e. The Morgan fingerprint density at radius 3 is 2.68 bits per heavy atom. The van der Waals surface area contributed by atoms with Gasteiger partial charge in [0.25, 0.3) is 0 Å². The molecule has 4 nitrogen and oxygen atoms in total. The highest BCUT2D eigenvalue weighted by molar-refractivity contribution is 5.59. The van der Waals surface area contributed by atoms with Gasteiger partial charge in [-0.3, -0.25) is 0 Å². The van der Waals surface area contributed by atoms with Crippen molar-refractivity contribution in [2.24, 2.45) is 0 Å². The highest BCUT2D eigenvalue weighted by Crippen LogP contribution is 2.22. The first-order valence-electron chi connectivity index (χ1n) is 7.00. The topological polar surface area (TPSA) is 50.5 Å². The maximum absolute atomic E-state index is 5.85. The summed E-state index contributed by atoms with van der Waals surface area (Å²) < 4.78 is 5.48. The van der Waals surface area contributed by atoms with Crippen LogP contribution >= 0.6 is 0 Å². The summed E-state index contributed by atoms with van der Waals surface area (Å²) in [6.07, 6.45) is 1.10. The Kier molecular flexibility index (Phi) is 6.50. The molecule has 0 aliphatic carbocycles. The van der Waals surface area contributed by atoms with E-state index in [9.17, 15) is 0 Å². The molecular formula is C15H27N3O. The summed E-state index contributed by atoms with van der Waals surface area (Å²) in [6, 6.07) is 6.37. The van der Waals surface area contributed by atoms with Gasteiger partial charge in [-0.1, -0.05) is 0 Å². The molecule has 0 radical (unpaired) electrons. The first kappa shape index (κ1) is 15.6. The lowest BCUT2D eigenvalue weighted by Crippen LogP contribution is -2.28. The Morgan fingerprint density at radius 2 is 2.05 bits per heavy atom. The van der Waals surface area contributed by atoms with E-state index >= 15 is 0 Å². The maximum Gasteiger partial charge on any atom is 0.123 e. The number of nitrogens with zero attached hydrogens (tertiary/aromatic N) is 1. The van der Waals surface area contributed by atoms with Gasteiger partial charge in [-0.05, 0) is 46.9 Å². The SMILES string of the molecule is CCOc1cc(N)cc(NCCCN(C)C(C)C)c1. The predicted molar refractivity (Wildman–Crippen MR) is 82.9 cm³/mol. The first-order chi connectivity index (χ1) is 9.02. The van der Waals surface area contributed by atoms with Gasteiger partial charge in [0.2, 0.25) is 0 Å². The van der Waals surface area contributed by atoms with Crippen molar-refractivity contribution >= 4 is 11.4 Å². The van der Waals surface area contributed by atoms with Gasteiger partial charge in [-0.2, -0.15) is 0 Å². The molecule has 0 aromatic heterocycles. The standard InChI is InChI=1S/C15H27N3O/c1-5-19-15-10-13(16)9-14(11-15)17-7-6-8-18(4)12(2)3/h9-12,17H,5-8,16H2,1-4H3. The highest BCUT2D eigenvalue weighted by Gasteiger charge is 2.03. The average molecular weight is 265 g/mol. The van der Waals surface area contributed by atoms with E-state index in [-0.39, 0.29) is 0 Å². The van der Waals surface area contributed by atoms with Gasteiger partial charge >= 0.3 is 0 Å². The second-order valence-corrected chi connectivity index (χ2v) is 5.08. The largest absolute Gasteiger partial charge is 0.494 e. The van der Waals surface area contributed by atoms with Crippen LogP contribution in [0.4, 0.5) is 11.4 Å². The van der Waals surface area contributed by atoms with Crippen molar-refractivity contribution in [3.05, 3.63) is 18.2 Å². The predicted octanol–water partition coefficient (Wildman–Crippen LogP) is 2.81. The second-order valence-electron chi connectivity index (χ2n) is 5.08. The summed E-state index contributed by atoms with van der Waals surface area (Å²) in [5.74, 6) is 0.823. The molecule has 19 heavy (non-hydrogen) atoms. The van der Waals surface area contributed by atoms with Gasteiger partial charge in [-0.25, -0.2) is 0 Å². The van der Waals surface area contributed by atoms with E-state index in [1.54, 1.807) is 0 Å². The van der Waals surface area contributed by atoms with Gasteiger partial charge in [0.1, 0.15) is 5.75 Å². The van der Waals surface area contributed by atoms with Crippen LogP contribution in [0, 0.1) is 0 Å². The Labute approximate surface area is 116 Å². The third kappa shape index (κ3) is 5.83. The number of anilines is 2. The molecule has 0 atom stereocenters. The summed E-state index contributed by atoms with van der Waals surface area (Å²) in [6.45, 7) is 9.07. The van der Waals surface area contributed by atoms with E-state index in [0.717, 1.165) is 36.6 Å². The molecule has 0 heterocycles. The highest BCUT2D eigenvalue weighted by atomic mass is 16.5. The molecule has 0 aliphatic heterocycles. The molecule has 108 valence electrons. The molecule has 0 unspecified atom stereocenters. The lowest BCUT2D eigenvalue weighted by Gasteiger charge is -2.21. The van der Waals surface area contributed by atoms with Gasteiger partial charge in [0, 0.05) is 36.1 Å². The summed E-state index contributed by atoms with van der Waals surface area (Å²) >= 11 is 0. The van der Waals surface area contributed by atoms with E-state index in [1.165, 1.54) is 0 Å². The zero-order valence-electron chi connectivity index (χ0n) is 12.6. The Morgan fingerprint density at radius 1 is 1.32 bits per heavy atom. The van der Waals surface area contributed by atoms with E-state index in [4.69, 9.17) is 10.5 Å². The quantitative estimate of drug-likeness (QED) is 0.560. The number of nitrogen functional groups attached to an aromatic ring is 1. The van der Waals surface area contributed by atoms with Gasteiger partial charge in [-0.15, -0.1) is 0 Å². The van der Waals surface area contributed by atoms with E-state index in [2.05, 4.69) is 31.1 Å². The normalized spacial score (nSPS) is 11.1. The number of nitrogens with one attached hydrogen (secondary N) is 1. The van der Waals surface area contributed by atoms with Crippen molar-refractivity contribution in [2.75, 3.05) is 37.8 Å². The minimum atomic E-state index is 0.594. The van der Waals surface area contributed by atoms with Crippen LogP contribution in [0.25, 0.3) is 0 Å². The number of hydrogen-bond acceptors (Lipinski definition) is 4. The zero-order valence-corrected chi connectivity index (χ0v) is 12.6. The maximum atomic E-state index is 5.85. The number of benzene rings is 1. The van der Waals surface area contributed by atoms with Gasteiger partial charge in [0.15, 0.2) is 0 Å². The monoisotopic (exact) mass is 265 g/mol. The Balaban J connectivity index is 2.40. The van der Waals surface area contributed by atoms with E-state index in [0.29, 0.717) is 12.6 Å². The average Bonchev–Trinajstić information content (AvgIpc) is 2.34. The fourth-order valence-electron chi connectivity index (χ4n) is 1.79. The summed E-state index contributed by atoms with van der Waals surface area (Å²) in [4.78, 5) is 2.34. The van der Waals surface area contributed by atoms with Gasteiger partial charge < -0.3 is 20.7 Å². The number of nitrogens with two attached hydrogens (primary N) is 1. The molecule has 0 saturated carbocycles. The summed E-state index contributed by atoms with van der Waals surface area (Å²) in [5.41, 5.74) is 7.61. The van der Waals surface area contributed by atoms with E-state index in [1.807, 2.05) is 25.1 Å². The number of hydrogen-bond donors (Lipinski definition) is 2.